The van der Waals surface area contributed by atoms with Crippen molar-refractivity contribution >= 4 is 17.3 Å². The van der Waals surface area contributed by atoms with E-state index in [0.717, 1.165) is 4.88 Å². The molecule has 2 rings (SSSR count). The lowest BCUT2D eigenvalue weighted by Crippen LogP contribution is -2.05. The van der Waals surface area contributed by atoms with E-state index in [2.05, 4.69) is 5.10 Å². The maximum absolute atomic E-state index is 11.1. The van der Waals surface area contributed by atoms with Gasteiger partial charge in [-0.15, -0.1) is 11.3 Å². The monoisotopic (exact) mass is 252 g/mol. The van der Waals surface area contributed by atoms with Crippen molar-refractivity contribution in [3.8, 4) is 5.88 Å². The number of aryl methyl sites for hydroxylation is 2. The SMILES string of the molecule is Cc1nn(C)c(OCc2cccs2)c1C(=O)O. The molecule has 0 spiro atoms. The molecule has 0 fully saturated rings. The minimum Gasteiger partial charge on any atom is -0.477 e. The number of hydrogen-bond donors (Lipinski definition) is 1. The van der Waals surface area contributed by atoms with Crippen molar-refractivity contribution in [3.63, 3.8) is 0 Å². The molecule has 0 aliphatic rings. The molecule has 1 N–H and O–H groups in total. The van der Waals surface area contributed by atoms with Gasteiger partial charge in [-0.3, -0.25) is 0 Å². The van der Waals surface area contributed by atoms with Gasteiger partial charge in [0.05, 0.1) is 5.69 Å². The summed E-state index contributed by atoms with van der Waals surface area (Å²) in [5.74, 6) is -0.722. The molecular formula is C11H12N2O3S. The minimum atomic E-state index is -1.02. The van der Waals surface area contributed by atoms with Gasteiger partial charge in [0.25, 0.3) is 0 Å². The van der Waals surface area contributed by atoms with E-state index in [1.165, 1.54) is 4.68 Å². The summed E-state index contributed by atoms with van der Waals surface area (Å²) in [6.45, 7) is 2.01. The van der Waals surface area contributed by atoms with Crippen molar-refractivity contribution < 1.29 is 14.6 Å². The van der Waals surface area contributed by atoms with Crippen LogP contribution in [0.2, 0.25) is 0 Å². The lowest BCUT2D eigenvalue weighted by molar-refractivity contribution is 0.0690. The van der Waals surface area contributed by atoms with E-state index in [1.807, 2.05) is 17.5 Å². The molecule has 2 aromatic rings. The Kier molecular flexibility index (Phi) is 3.14. The van der Waals surface area contributed by atoms with Gasteiger partial charge in [0.2, 0.25) is 5.88 Å². The Morgan fingerprint density at radius 1 is 1.65 bits per heavy atom. The third-order valence-corrected chi connectivity index (χ3v) is 3.16. The molecule has 0 aromatic carbocycles. The first-order chi connectivity index (χ1) is 8.09. The smallest absolute Gasteiger partial charge is 0.343 e. The molecule has 2 heterocycles. The van der Waals surface area contributed by atoms with Crippen molar-refractivity contribution in [2.45, 2.75) is 13.5 Å². The normalized spacial score (nSPS) is 10.5. The lowest BCUT2D eigenvalue weighted by Gasteiger charge is -2.05. The summed E-state index contributed by atoms with van der Waals surface area (Å²) in [4.78, 5) is 12.1. The van der Waals surface area contributed by atoms with E-state index in [0.29, 0.717) is 18.2 Å². The maximum Gasteiger partial charge on any atom is 0.343 e. The van der Waals surface area contributed by atoms with E-state index in [9.17, 15) is 4.79 Å². The first kappa shape index (κ1) is 11.7. The number of ether oxygens (including phenoxy) is 1. The molecule has 0 bridgehead atoms. The Balaban J connectivity index is 2.23. The number of aromatic carboxylic acids is 1. The highest BCUT2D eigenvalue weighted by Gasteiger charge is 2.21. The number of carbonyl (C=O) groups is 1. The topological polar surface area (TPSA) is 64.4 Å². The molecule has 6 heteroatoms. The first-order valence-electron chi connectivity index (χ1n) is 5.01. The second-order valence-corrected chi connectivity index (χ2v) is 4.59. The third kappa shape index (κ3) is 2.31. The van der Waals surface area contributed by atoms with E-state index < -0.39 is 5.97 Å². The molecule has 0 atom stereocenters. The number of carboxylic acids is 1. The highest BCUT2D eigenvalue weighted by molar-refractivity contribution is 7.09. The predicted molar refractivity (Wildman–Crippen MR) is 63.6 cm³/mol. The van der Waals surface area contributed by atoms with E-state index in [-0.39, 0.29) is 5.56 Å². The van der Waals surface area contributed by atoms with E-state index >= 15 is 0 Å². The first-order valence-corrected chi connectivity index (χ1v) is 5.89. The van der Waals surface area contributed by atoms with Crippen LogP contribution in [0.1, 0.15) is 20.9 Å². The van der Waals surface area contributed by atoms with Crippen LogP contribution in [-0.2, 0) is 13.7 Å². The number of hydrogen-bond acceptors (Lipinski definition) is 4. The lowest BCUT2D eigenvalue weighted by atomic mass is 10.2. The largest absolute Gasteiger partial charge is 0.477 e. The average Bonchev–Trinajstić information content (AvgIpc) is 2.83. The van der Waals surface area contributed by atoms with Crippen LogP contribution in [0, 0.1) is 6.92 Å². The fourth-order valence-electron chi connectivity index (χ4n) is 1.58. The molecule has 0 saturated heterocycles. The summed E-state index contributed by atoms with van der Waals surface area (Å²) >= 11 is 1.57. The molecule has 0 unspecified atom stereocenters. The Morgan fingerprint density at radius 3 is 3.00 bits per heavy atom. The number of thiophene rings is 1. The van der Waals surface area contributed by atoms with Gasteiger partial charge in [0.1, 0.15) is 12.2 Å². The van der Waals surface area contributed by atoms with Gasteiger partial charge in [0, 0.05) is 11.9 Å². The summed E-state index contributed by atoms with van der Waals surface area (Å²) in [6.07, 6.45) is 0. The maximum atomic E-state index is 11.1. The zero-order chi connectivity index (χ0) is 12.4. The standard InChI is InChI=1S/C11H12N2O3S/c1-7-9(11(14)15)10(13(2)12-7)16-6-8-4-3-5-17-8/h3-5H,6H2,1-2H3,(H,14,15). The quantitative estimate of drug-likeness (QED) is 0.904. The fourth-order valence-corrected chi connectivity index (χ4v) is 2.20. The van der Waals surface area contributed by atoms with Gasteiger partial charge in [-0.25, -0.2) is 9.48 Å². The molecule has 90 valence electrons. The number of nitrogens with zero attached hydrogens (tertiary/aromatic N) is 2. The zero-order valence-corrected chi connectivity index (χ0v) is 10.3. The highest BCUT2D eigenvalue weighted by Crippen LogP contribution is 2.23. The van der Waals surface area contributed by atoms with Crippen molar-refractivity contribution in [1.82, 2.24) is 9.78 Å². The van der Waals surface area contributed by atoms with Gasteiger partial charge in [-0.2, -0.15) is 5.10 Å². The minimum absolute atomic E-state index is 0.129. The van der Waals surface area contributed by atoms with Crippen LogP contribution in [0.25, 0.3) is 0 Å². The third-order valence-electron chi connectivity index (χ3n) is 2.31. The Morgan fingerprint density at radius 2 is 2.41 bits per heavy atom. The summed E-state index contributed by atoms with van der Waals surface area (Å²) in [5, 5.41) is 15.1. The van der Waals surface area contributed by atoms with E-state index in [1.54, 1.807) is 25.3 Å². The predicted octanol–water partition coefficient (Wildman–Crippen LogP) is 2.07. The van der Waals surface area contributed by atoms with Crippen molar-refractivity contribution in [3.05, 3.63) is 33.6 Å². The molecule has 0 radical (unpaired) electrons. The van der Waals surface area contributed by atoms with Gasteiger partial charge in [-0.1, -0.05) is 6.07 Å². The van der Waals surface area contributed by atoms with Gasteiger partial charge in [0.15, 0.2) is 0 Å². The van der Waals surface area contributed by atoms with Gasteiger partial charge in [-0.05, 0) is 18.4 Å². The molecule has 5 nitrogen and oxygen atoms in total. The van der Waals surface area contributed by atoms with Crippen molar-refractivity contribution in [2.24, 2.45) is 7.05 Å². The average molecular weight is 252 g/mol. The molecule has 0 saturated carbocycles. The summed E-state index contributed by atoms with van der Waals surface area (Å²) in [6, 6.07) is 3.87. The fraction of sp³-hybridized carbons (Fsp3) is 0.273. The van der Waals surface area contributed by atoms with Gasteiger partial charge < -0.3 is 9.84 Å². The van der Waals surface area contributed by atoms with Crippen molar-refractivity contribution in [2.75, 3.05) is 0 Å². The summed E-state index contributed by atoms with van der Waals surface area (Å²) < 4.78 is 6.98. The Labute approximate surface area is 102 Å². The van der Waals surface area contributed by atoms with Crippen LogP contribution >= 0.6 is 11.3 Å². The molecule has 0 amide bonds. The van der Waals surface area contributed by atoms with Crippen LogP contribution in [0.3, 0.4) is 0 Å². The summed E-state index contributed by atoms with van der Waals surface area (Å²) in [5.41, 5.74) is 0.588. The number of carboxylic acid groups (broad SMARTS) is 1. The number of rotatable bonds is 4. The van der Waals surface area contributed by atoms with Crippen molar-refractivity contribution in [1.29, 1.82) is 0 Å². The van der Waals surface area contributed by atoms with Gasteiger partial charge >= 0.3 is 5.97 Å². The summed E-state index contributed by atoms with van der Waals surface area (Å²) in [7, 11) is 1.67. The molecule has 0 aliphatic heterocycles. The van der Waals surface area contributed by atoms with E-state index in [4.69, 9.17) is 9.84 Å². The second-order valence-electron chi connectivity index (χ2n) is 3.56. The second kappa shape index (κ2) is 4.58. The number of aromatic nitrogens is 2. The Bertz CT molecular complexity index is 531. The van der Waals surface area contributed by atoms with Crippen LogP contribution in [0.15, 0.2) is 17.5 Å². The molecule has 2 aromatic heterocycles. The Hall–Kier alpha value is -1.82. The zero-order valence-electron chi connectivity index (χ0n) is 9.51. The molecule has 17 heavy (non-hydrogen) atoms. The van der Waals surface area contributed by atoms with Crippen LogP contribution in [0.5, 0.6) is 5.88 Å². The highest BCUT2D eigenvalue weighted by atomic mass is 32.1. The van der Waals surface area contributed by atoms with Crippen LogP contribution in [0.4, 0.5) is 0 Å². The molecular weight excluding hydrogens is 240 g/mol. The molecule has 0 aliphatic carbocycles. The van der Waals surface area contributed by atoms with Crippen LogP contribution in [-0.4, -0.2) is 20.9 Å². The van der Waals surface area contributed by atoms with Crippen LogP contribution < -0.4 is 4.74 Å².